The first-order valence-electron chi connectivity index (χ1n) is 4.79. The normalized spacial score (nSPS) is 10.3. The van der Waals surface area contributed by atoms with E-state index in [0.29, 0.717) is 0 Å². The second-order valence-corrected chi connectivity index (χ2v) is 5.64. The minimum atomic E-state index is 0.123. The summed E-state index contributed by atoms with van der Waals surface area (Å²) in [7, 11) is 0. The van der Waals surface area contributed by atoms with Gasteiger partial charge in [-0.15, -0.1) is 11.3 Å². The van der Waals surface area contributed by atoms with Crippen LogP contribution in [0.5, 0.6) is 0 Å². The van der Waals surface area contributed by atoms with E-state index in [1.54, 1.807) is 0 Å². The standard InChI is InChI=1S/C10H13Br2NOS/c1-2-5-13(6-4-11)10(14)9-8(12)3-7-15-9/h3,7H,2,4-6H2,1H3. The quantitative estimate of drug-likeness (QED) is 0.737. The molecule has 15 heavy (non-hydrogen) atoms. The summed E-state index contributed by atoms with van der Waals surface area (Å²) in [6.45, 7) is 3.66. The molecular weight excluding hydrogens is 342 g/mol. The lowest BCUT2D eigenvalue weighted by atomic mass is 10.3. The average molecular weight is 355 g/mol. The number of nitrogens with zero attached hydrogens (tertiary/aromatic N) is 1. The first kappa shape index (κ1) is 13.2. The van der Waals surface area contributed by atoms with Crippen LogP contribution in [0.2, 0.25) is 0 Å². The van der Waals surface area contributed by atoms with Crippen molar-refractivity contribution < 1.29 is 4.79 Å². The third-order valence-corrected chi connectivity index (χ3v) is 4.13. The predicted octanol–water partition coefficient (Wildman–Crippen LogP) is 3.76. The zero-order chi connectivity index (χ0) is 11.3. The van der Waals surface area contributed by atoms with Gasteiger partial charge in [-0.05, 0) is 33.8 Å². The first-order chi connectivity index (χ1) is 7.20. The summed E-state index contributed by atoms with van der Waals surface area (Å²) in [6.07, 6.45) is 0.988. The van der Waals surface area contributed by atoms with Crippen molar-refractivity contribution in [2.75, 3.05) is 18.4 Å². The van der Waals surface area contributed by atoms with Crippen molar-refractivity contribution >= 4 is 49.1 Å². The average Bonchev–Trinajstić information content (AvgIpc) is 2.63. The molecule has 1 heterocycles. The molecule has 1 amide bonds. The molecule has 1 aromatic heterocycles. The van der Waals surface area contributed by atoms with Gasteiger partial charge >= 0.3 is 0 Å². The highest BCUT2D eigenvalue weighted by molar-refractivity contribution is 9.10. The number of rotatable bonds is 5. The van der Waals surface area contributed by atoms with Crippen LogP contribution in [0, 0.1) is 0 Å². The summed E-state index contributed by atoms with van der Waals surface area (Å²) in [5, 5.41) is 2.75. The van der Waals surface area contributed by atoms with Crippen molar-refractivity contribution in [1.82, 2.24) is 4.90 Å². The molecule has 0 saturated heterocycles. The van der Waals surface area contributed by atoms with Gasteiger partial charge < -0.3 is 4.90 Å². The lowest BCUT2D eigenvalue weighted by Crippen LogP contribution is -2.33. The van der Waals surface area contributed by atoms with Gasteiger partial charge in [-0.1, -0.05) is 22.9 Å². The van der Waals surface area contributed by atoms with Crippen LogP contribution in [0.3, 0.4) is 0 Å². The highest BCUT2D eigenvalue weighted by atomic mass is 79.9. The summed E-state index contributed by atoms with van der Waals surface area (Å²) in [6, 6.07) is 1.91. The fourth-order valence-electron chi connectivity index (χ4n) is 1.28. The van der Waals surface area contributed by atoms with E-state index < -0.39 is 0 Å². The van der Waals surface area contributed by atoms with Crippen molar-refractivity contribution in [2.45, 2.75) is 13.3 Å². The molecule has 0 spiro atoms. The summed E-state index contributed by atoms with van der Waals surface area (Å²) in [4.78, 5) is 14.8. The van der Waals surface area contributed by atoms with Gasteiger partial charge in [0.15, 0.2) is 0 Å². The molecule has 0 saturated carbocycles. The Bertz CT molecular complexity index is 321. The van der Waals surface area contributed by atoms with E-state index >= 15 is 0 Å². The Morgan fingerprint density at radius 1 is 1.53 bits per heavy atom. The maximum Gasteiger partial charge on any atom is 0.265 e. The van der Waals surface area contributed by atoms with Crippen LogP contribution in [0.15, 0.2) is 15.9 Å². The lowest BCUT2D eigenvalue weighted by molar-refractivity contribution is 0.0770. The summed E-state index contributed by atoms with van der Waals surface area (Å²) >= 11 is 8.24. The van der Waals surface area contributed by atoms with Crippen molar-refractivity contribution in [1.29, 1.82) is 0 Å². The fraction of sp³-hybridized carbons (Fsp3) is 0.500. The molecule has 0 aliphatic carbocycles. The molecule has 0 fully saturated rings. The summed E-state index contributed by atoms with van der Waals surface area (Å²) in [5.74, 6) is 0.123. The topological polar surface area (TPSA) is 20.3 Å². The number of hydrogen-bond donors (Lipinski definition) is 0. The van der Waals surface area contributed by atoms with Crippen molar-refractivity contribution in [3.05, 3.63) is 20.8 Å². The lowest BCUT2D eigenvalue weighted by Gasteiger charge is -2.20. The Labute approximate surface area is 111 Å². The van der Waals surface area contributed by atoms with E-state index in [0.717, 1.165) is 34.2 Å². The second-order valence-electron chi connectivity index (χ2n) is 3.08. The molecule has 1 rings (SSSR count). The maximum absolute atomic E-state index is 12.1. The van der Waals surface area contributed by atoms with Crippen molar-refractivity contribution in [2.24, 2.45) is 0 Å². The molecule has 5 heteroatoms. The molecule has 0 aliphatic heterocycles. The van der Waals surface area contributed by atoms with Gasteiger partial charge in [-0.3, -0.25) is 4.79 Å². The number of carbonyl (C=O) groups is 1. The van der Waals surface area contributed by atoms with E-state index in [1.807, 2.05) is 16.3 Å². The van der Waals surface area contributed by atoms with Gasteiger partial charge in [0.1, 0.15) is 4.88 Å². The van der Waals surface area contributed by atoms with E-state index in [-0.39, 0.29) is 5.91 Å². The zero-order valence-electron chi connectivity index (χ0n) is 8.50. The highest BCUT2D eigenvalue weighted by Gasteiger charge is 2.17. The first-order valence-corrected chi connectivity index (χ1v) is 7.58. The molecule has 0 bridgehead atoms. The van der Waals surface area contributed by atoms with Gasteiger partial charge in [-0.25, -0.2) is 0 Å². The van der Waals surface area contributed by atoms with Gasteiger partial charge in [-0.2, -0.15) is 0 Å². The van der Waals surface area contributed by atoms with E-state index in [2.05, 4.69) is 38.8 Å². The third kappa shape index (κ3) is 3.57. The van der Waals surface area contributed by atoms with Gasteiger partial charge in [0.05, 0.1) is 0 Å². The van der Waals surface area contributed by atoms with E-state index in [4.69, 9.17) is 0 Å². The molecule has 0 aromatic carbocycles. The molecule has 0 radical (unpaired) electrons. The number of halogens is 2. The van der Waals surface area contributed by atoms with Gasteiger partial charge in [0, 0.05) is 22.9 Å². The number of alkyl halides is 1. The Balaban J connectivity index is 2.76. The van der Waals surface area contributed by atoms with Gasteiger partial charge in [0.2, 0.25) is 0 Å². The van der Waals surface area contributed by atoms with Crippen molar-refractivity contribution in [3.8, 4) is 0 Å². The molecule has 0 unspecified atom stereocenters. The third-order valence-electron chi connectivity index (χ3n) is 1.95. The number of amides is 1. The van der Waals surface area contributed by atoms with E-state index in [1.165, 1.54) is 11.3 Å². The summed E-state index contributed by atoms with van der Waals surface area (Å²) < 4.78 is 0.896. The Hall–Kier alpha value is 0.130. The van der Waals surface area contributed by atoms with Crippen molar-refractivity contribution in [3.63, 3.8) is 0 Å². The minimum Gasteiger partial charge on any atom is -0.337 e. The van der Waals surface area contributed by atoms with E-state index in [9.17, 15) is 4.79 Å². The SMILES string of the molecule is CCCN(CCBr)C(=O)c1sccc1Br. The Morgan fingerprint density at radius 2 is 2.27 bits per heavy atom. The second kappa shape index (κ2) is 6.66. The number of carbonyl (C=O) groups excluding carboxylic acids is 1. The van der Waals surface area contributed by atoms with Gasteiger partial charge in [0.25, 0.3) is 5.91 Å². The van der Waals surface area contributed by atoms with Crippen LogP contribution in [-0.4, -0.2) is 29.2 Å². The van der Waals surface area contributed by atoms with Crippen LogP contribution < -0.4 is 0 Å². The smallest absolute Gasteiger partial charge is 0.265 e. The predicted molar refractivity (Wildman–Crippen MR) is 72.0 cm³/mol. The molecule has 2 nitrogen and oxygen atoms in total. The van der Waals surface area contributed by atoms with Crippen LogP contribution in [0.1, 0.15) is 23.0 Å². The highest BCUT2D eigenvalue weighted by Crippen LogP contribution is 2.24. The molecule has 0 N–H and O–H groups in total. The molecule has 0 atom stereocenters. The summed E-state index contributed by atoms with van der Waals surface area (Å²) in [5.41, 5.74) is 0. The number of thiophene rings is 1. The molecule has 84 valence electrons. The van der Waals surface area contributed by atoms with Crippen LogP contribution in [0.25, 0.3) is 0 Å². The van der Waals surface area contributed by atoms with Crippen LogP contribution >= 0.6 is 43.2 Å². The minimum absolute atomic E-state index is 0.123. The fourth-order valence-corrected chi connectivity index (χ4v) is 3.21. The van der Waals surface area contributed by atoms with Crippen LogP contribution in [-0.2, 0) is 0 Å². The largest absolute Gasteiger partial charge is 0.337 e. The Kier molecular flexibility index (Phi) is 5.86. The zero-order valence-corrected chi connectivity index (χ0v) is 12.5. The van der Waals surface area contributed by atoms with Crippen LogP contribution in [0.4, 0.5) is 0 Å². The molecular formula is C10H13Br2NOS. The molecule has 1 aromatic rings. The monoisotopic (exact) mass is 353 g/mol. The molecule has 0 aliphatic rings. The maximum atomic E-state index is 12.1. The number of hydrogen-bond acceptors (Lipinski definition) is 2. The Morgan fingerprint density at radius 3 is 2.73 bits per heavy atom.